The van der Waals surface area contributed by atoms with Crippen molar-refractivity contribution in [3.8, 4) is 35.4 Å². The molecule has 8 rings (SSSR count). The molecular weight excluding hydrogens is 701 g/mol. The molecule has 14 heteroatoms. The maximum Gasteiger partial charge on any atom is 0.410 e. The molecule has 2 aromatic heterocycles. The highest BCUT2D eigenvalue weighted by molar-refractivity contribution is 6.03. The fourth-order valence-corrected chi connectivity index (χ4v) is 8.80. The van der Waals surface area contributed by atoms with Gasteiger partial charge >= 0.3 is 12.1 Å². The number of carbonyl (C=O) groups excluding carboxylic acids is 1. The van der Waals surface area contributed by atoms with Gasteiger partial charge in [0.2, 0.25) is 0 Å². The van der Waals surface area contributed by atoms with Crippen molar-refractivity contribution in [3.05, 3.63) is 47.7 Å². The van der Waals surface area contributed by atoms with Crippen LogP contribution in [0.2, 0.25) is 0 Å². The fraction of sp³-hybridized carbons (Fsp3) is 0.500. The maximum absolute atomic E-state index is 17.3. The summed E-state index contributed by atoms with van der Waals surface area (Å²) in [6, 6.07) is 5.64. The smallest absolute Gasteiger partial charge is 0.410 e. The highest BCUT2D eigenvalue weighted by atomic mass is 19.1. The summed E-state index contributed by atoms with van der Waals surface area (Å²) in [6.07, 6.45) is 9.56. The number of ether oxygens (including phenoxy) is 4. The zero-order valence-corrected chi connectivity index (χ0v) is 30.8. The van der Waals surface area contributed by atoms with Crippen LogP contribution in [0.4, 0.5) is 23.8 Å². The summed E-state index contributed by atoms with van der Waals surface area (Å²) >= 11 is 0. The molecule has 11 nitrogen and oxygen atoms in total. The van der Waals surface area contributed by atoms with Crippen molar-refractivity contribution in [3.63, 3.8) is 0 Å². The topological polar surface area (TPSA) is 102 Å². The van der Waals surface area contributed by atoms with Gasteiger partial charge in [0.05, 0.1) is 28.6 Å². The molecule has 4 aromatic rings. The van der Waals surface area contributed by atoms with E-state index < -0.39 is 28.9 Å². The average Bonchev–Trinajstić information content (AvgIpc) is 3.75. The molecule has 4 aliphatic rings. The summed E-state index contributed by atoms with van der Waals surface area (Å²) < 4.78 is 69.9. The summed E-state index contributed by atoms with van der Waals surface area (Å²) in [7, 11) is 1.48. The molecule has 2 aromatic carbocycles. The minimum Gasteiger partial charge on any atom is -0.468 e. The van der Waals surface area contributed by atoms with Gasteiger partial charge in [-0.25, -0.2) is 18.0 Å². The van der Waals surface area contributed by atoms with E-state index in [1.807, 2.05) is 30.6 Å². The van der Waals surface area contributed by atoms with Gasteiger partial charge in [-0.15, -0.1) is 6.42 Å². The maximum atomic E-state index is 17.3. The van der Waals surface area contributed by atoms with Gasteiger partial charge in [-0.05, 0) is 76.6 Å². The van der Waals surface area contributed by atoms with Crippen LogP contribution < -0.4 is 14.4 Å². The number of hydrogen-bond acceptors (Lipinski definition) is 10. The molecule has 0 N–H and O–H groups in total. The first-order chi connectivity index (χ1) is 25.9. The first-order valence-electron chi connectivity index (χ1n) is 18.4. The molecule has 0 radical (unpaired) electrons. The van der Waals surface area contributed by atoms with E-state index >= 15 is 8.78 Å². The number of halogens is 3. The van der Waals surface area contributed by atoms with E-state index in [2.05, 4.69) is 20.8 Å². The minimum absolute atomic E-state index is 0.0454. The predicted molar refractivity (Wildman–Crippen MR) is 196 cm³/mol. The zero-order chi connectivity index (χ0) is 37.9. The molecule has 2 bridgehead atoms. The Morgan fingerprint density at radius 3 is 2.59 bits per heavy atom. The highest BCUT2D eigenvalue weighted by Crippen LogP contribution is 2.43. The number of hydrogen-bond donors (Lipinski definition) is 0. The van der Waals surface area contributed by atoms with Crippen LogP contribution in [0.15, 0.2) is 30.5 Å². The van der Waals surface area contributed by atoms with Crippen molar-refractivity contribution in [2.24, 2.45) is 0 Å². The van der Waals surface area contributed by atoms with E-state index in [0.29, 0.717) is 48.4 Å². The van der Waals surface area contributed by atoms with Gasteiger partial charge in [-0.3, -0.25) is 14.8 Å². The summed E-state index contributed by atoms with van der Waals surface area (Å²) in [5, 5.41) is 1.14. The van der Waals surface area contributed by atoms with Crippen LogP contribution >= 0.6 is 0 Å². The van der Waals surface area contributed by atoms with Crippen molar-refractivity contribution in [1.29, 1.82) is 0 Å². The van der Waals surface area contributed by atoms with Gasteiger partial charge in [-0.2, -0.15) is 9.97 Å². The van der Waals surface area contributed by atoms with Crippen LogP contribution in [0.5, 0.6) is 11.8 Å². The molecule has 4 saturated heterocycles. The number of aromatic nitrogens is 3. The molecule has 4 fully saturated rings. The van der Waals surface area contributed by atoms with E-state index in [0.717, 1.165) is 32.2 Å². The van der Waals surface area contributed by atoms with Crippen molar-refractivity contribution in [2.45, 2.75) is 82.3 Å². The normalized spacial score (nSPS) is 23.9. The number of nitrogens with zero attached hydrogens (tertiary/aromatic N) is 6. The quantitative estimate of drug-likeness (QED) is 0.144. The molecule has 1 amide bonds. The monoisotopic (exact) mass is 744 g/mol. The predicted octanol–water partition coefficient (Wildman–Crippen LogP) is 6.63. The number of benzene rings is 2. The Bertz CT molecular complexity index is 2160. The SMILES string of the molecule is C#Cc1c(F)ccc2cc(OCOC)cc(-c3ncc4c(N5C[C@H]6CC[C@@H](C5)N6C(=O)OC(C)(C)C)nc(OC[C@]56CCCN5C[C@@H](F)C6)nc4c3F)c12. The Kier molecular flexibility index (Phi) is 9.21. The van der Waals surface area contributed by atoms with Gasteiger partial charge in [0.25, 0.3) is 0 Å². The number of fused-ring (bicyclic) bond motifs is 5. The number of terminal acetylenes is 1. The molecule has 0 aliphatic carbocycles. The van der Waals surface area contributed by atoms with Crippen molar-refractivity contribution < 1.29 is 36.9 Å². The van der Waals surface area contributed by atoms with Crippen molar-refractivity contribution in [2.75, 3.05) is 51.6 Å². The van der Waals surface area contributed by atoms with Crippen LogP contribution in [-0.2, 0) is 9.47 Å². The number of piperazine rings is 1. The van der Waals surface area contributed by atoms with Gasteiger partial charge in [-0.1, -0.05) is 12.0 Å². The summed E-state index contributed by atoms with van der Waals surface area (Å²) in [6.45, 7) is 7.55. The number of amides is 1. The molecule has 4 aliphatic heterocycles. The summed E-state index contributed by atoms with van der Waals surface area (Å²) in [5.74, 6) is 1.73. The van der Waals surface area contributed by atoms with Crippen LogP contribution in [-0.4, -0.2) is 107 Å². The lowest BCUT2D eigenvalue weighted by atomic mass is 9.95. The lowest BCUT2D eigenvalue weighted by Gasteiger charge is -2.42. The second kappa shape index (κ2) is 13.8. The molecular formula is C40H43F3N6O5. The molecule has 0 spiro atoms. The number of anilines is 1. The van der Waals surface area contributed by atoms with Crippen LogP contribution in [0, 0.1) is 24.0 Å². The number of alkyl halides is 1. The zero-order valence-electron chi connectivity index (χ0n) is 30.8. The minimum atomic E-state index is -0.957. The standard InChI is InChI=1S/C40H43F3N6O5/c1-6-28-31(42)11-8-23-14-27(53-22-51-5)15-29(32(23)28)34-33(43)35-30(17-44-34)36(46-37(45-35)52-21-40-12-7-13-48(40)18-24(41)16-40)47-19-25-9-10-26(20-47)49(25)38(50)54-39(2,3)4/h1,8,11,14-15,17,24-26H,7,9-10,12-13,16,18-22H2,2-5H3/t24-,25-,26+,40+/m0/s1. The van der Waals surface area contributed by atoms with E-state index in [1.165, 1.54) is 19.4 Å². The third-order valence-corrected chi connectivity index (χ3v) is 11.0. The first-order valence-corrected chi connectivity index (χ1v) is 18.4. The van der Waals surface area contributed by atoms with E-state index in [1.54, 1.807) is 18.2 Å². The molecule has 0 unspecified atom stereocenters. The third kappa shape index (κ3) is 6.41. The Hall–Kier alpha value is -4.87. The van der Waals surface area contributed by atoms with Crippen molar-refractivity contribution >= 4 is 33.6 Å². The van der Waals surface area contributed by atoms with E-state index in [4.69, 9.17) is 30.4 Å². The second-order valence-corrected chi connectivity index (χ2v) is 15.7. The lowest BCUT2D eigenvalue weighted by Crippen LogP contribution is -2.57. The number of methoxy groups -OCH3 is 1. The summed E-state index contributed by atoms with van der Waals surface area (Å²) in [5.41, 5.74) is -1.16. The van der Waals surface area contributed by atoms with Crippen molar-refractivity contribution in [1.82, 2.24) is 24.8 Å². The van der Waals surface area contributed by atoms with Crippen LogP contribution in [0.3, 0.4) is 0 Å². The highest BCUT2D eigenvalue weighted by Gasteiger charge is 2.50. The number of pyridine rings is 1. The molecule has 0 saturated carbocycles. The van der Waals surface area contributed by atoms with Crippen LogP contribution in [0.25, 0.3) is 32.9 Å². The van der Waals surface area contributed by atoms with Gasteiger partial charge in [0.1, 0.15) is 47.0 Å². The Morgan fingerprint density at radius 1 is 1.09 bits per heavy atom. The third-order valence-electron chi connectivity index (χ3n) is 11.0. The van der Waals surface area contributed by atoms with Gasteiger partial charge in [0, 0.05) is 50.3 Å². The average molecular weight is 745 g/mol. The van der Waals surface area contributed by atoms with Gasteiger partial charge in [0.15, 0.2) is 12.6 Å². The molecule has 284 valence electrons. The lowest BCUT2D eigenvalue weighted by molar-refractivity contribution is 0.0122. The Morgan fingerprint density at radius 2 is 1.87 bits per heavy atom. The Balaban J connectivity index is 1.24. The molecule has 4 atom stereocenters. The second-order valence-electron chi connectivity index (χ2n) is 15.7. The summed E-state index contributed by atoms with van der Waals surface area (Å²) in [4.78, 5) is 33.3. The van der Waals surface area contributed by atoms with E-state index in [9.17, 15) is 9.18 Å². The van der Waals surface area contributed by atoms with E-state index in [-0.39, 0.29) is 65.3 Å². The number of carbonyl (C=O) groups is 1. The molecule has 54 heavy (non-hydrogen) atoms. The first kappa shape index (κ1) is 36.1. The molecule has 6 heterocycles. The number of rotatable bonds is 8. The van der Waals surface area contributed by atoms with Crippen LogP contribution in [0.1, 0.15) is 58.4 Å². The largest absolute Gasteiger partial charge is 0.468 e. The fourth-order valence-electron chi connectivity index (χ4n) is 8.80. The van der Waals surface area contributed by atoms with Gasteiger partial charge < -0.3 is 23.8 Å². The Labute approximate surface area is 311 Å².